The van der Waals surface area contributed by atoms with E-state index in [0.717, 1.165) is 0 Å². The zero-order valence-electron chi connectivity index (χ0n) is 16.5. The first-order chi connectivity index (χ1) is 8.00. The Hall–Kier alpha value is 0.710. The van der Waals surface area contributed by atoms with Crippen LogP contribution in [0.4, 0.5) is 0 Å². The minimum Gasteiger partial charge on any atom is -0.673 e. The second-order valence-corrected chi connectivity index (χ2v) is 9.00. The Labute approximate surface area is 153 Å². The average Bonchev–Trinajstić information content (AvgIpc) is 1.62. The molecule has 0 aromatic carbocycles. The third kappa shape index (κ3) is 14400. The van der Waals surface area contributed by atoms with E-state index in [1.54, 1.807) is 0 Å². The largest absolute Gasteiger partial charge is 4.00 e. The van der Waals surface area contributed by atoms with Gasteiger partial charge in [-0.15, -0.1) is 22.2 Å². The molecule has 0 heterocycles. The zero-order chi connectivity index (χ0) is 18.0. The molecule has 0 radical (unpaired) electrons. The predicted octanol–water partition coefficient (Wildman–Crippen LogP) is 7.35. The summed E-state index contributed by atoms with van der Waals surface area (Å²) in [6.45, 7) is 22.3. The maximum atomic E-state index is 6.94. The summed E-state index contributed by atoms with van der Waals surface area (Å²) >= 11 is 0. The molecule has 0 aliphatic heterocycles. The summed E-state index contributed by atoms with van der Waals surface area (Å²) < 4.78 is 0. The van der Waals surface area contributed by atoms with E-state index < -0.39 is 0 Å². The third-order valence-electron chi connectivity index (χ3n) is 0. The van der Waals surface area contributed by atoms with Crippen molar-refractivity contribution >= 4 is 0 Å². The molecule has 0 spiro atoms. The molecule has 0 amide bonds. The Morgan fingerprint density at radius 2 is 0.333 bits per heavy atom. The van der Waals surface area contributed by atoms with Gasteiger partial charge >= 0.3 is 25.8 Å². The van der Waals surface area contributed by atoms with Crippen LogP contribution in [0.1, 0.15) is 83.1 Å². The molecule has 4 nitrogen and oxygen atoms in total. The molecule has 0 fully saturated rings. The standard InChI is InChI=1S/4C4H10N.Hf/c4*1-4(2,3)5;/h4*5H,1-3H3;/q4*-1;+4. The Balaban J connectivity index is -0.0000000533. The van der Waals surface area contributed by atoms with Gasteiger partial charge in [0.2, 0.25) is 0 Å². The number of nitrogens with one attached hydrogen (secondary N) is 4. The van der Waals surface area contributed by atoms with E-state index in [9.17, 15) is 0 Å². The van der Waals surface area contributed by atoms with E-state index in [1.165, 1.54) is 0 Å². The second kappa shape index (κ2) is 13.2. The van der Waals surface area contributed by atoms with Crippen LogP contribution >= 0.6 is 0 Å². The molecule has 0 atom stereocenters. The molecule has 4 N–H and O–H groups in total. The topological polar surface area (TPSA) is 95.2 Å². The van der Waals surface area contributed by atoms with Gasteiger partial charge in [-0.2, -0.15) is 0 Å². The van der Waals surface area contributed by atoms with Crippen molar-refractivity contribution < 1.29 is 25.8 Å². The minimum atomic E-state index is -0.250. The molecule has 0 aromatic heterocycles. The summed E-state index contributed by atoms with van der Waals surface area (Å²) in [6, 6.07) is 0. The van der Waals surface area contributed by atoms with Crippen molar-refractivity contribution in [3.05, 3.63) is 22.9 Å². The summed E-state index contributed by atoms with van der Waals surface area (Å²) in [4.78, 5) is 0. The first-order valence-electron chi connectivity index (χ1n) is 7.00. The molecule has 0 unspecified atom stereocenters. The molecule has 21 heavy (non-hydrogen) atoms. The van der Waals surface area contributed by atoms with Crippen LogP contribution in [0.3, 0.4) is 0 Å². The van der Waals surface area contributed by atoms with Gasteiger partial charge in [0.1, 0.15) is 0 Å². The Bertz CT molecular complexity index is 130. The zero-order valence-corrected chi connectivity index (χ0v) is 20.1. The van der Waals surface area contributed by atoms with Gasteiger partial charge in [0.15, 0.2) is 0 Å². The Morgan fingerprint density at radius 1 is 0.333 bits per heavy atom. The van der Waals surface area contributed by atoms with Crippen molar-refractivity contribution in [2.75, 3.05) is 0 Å². The summed E-state index contributed by atoms with van der Waals surface area (Å²) in [7, 11) is 0. The van der Waals surface area contributed by atoms with Crippen molar-refractivity contribution in [1.29, 1.82) is 0 Å². The molecule has 128 valence electrons. The summed E-state index contributed by atoms with van der Waals surface area (Å²) in [5.74, 6) is 0. The fourth-order valence-electron chi connectivity index (χ4n) is 0. The first kappa shape index (κ1) is 33.3. The van der Waals surface area contributed by atoms with Gasteiger partial charge in [0.25, 0.3) is 0 Å². The summed E-state index contributed by atoms with van der Waals surface area (Å²) in [5, 5.41) is 0. The fraction of sp³-hybridized carbons (Fsp3) is 1.00. The van der Waals surface area contributed by atoms with E-state index in [-0.39, 0.29) is 48.0 Å². The monoisotopic (exact) mass is 468 g/mol. The first-order valence-corrected chi connectivity index (χ1v) is 7.00. The van der Waals surface area contributed by atoms with Gasteiger partial charge in [-0.25, -0.2) is 0 Å². The van der Waals surface area contributed by atoms with Gasteiger partial charge in [-0.3, -0.25) is 0 Å². The molecule has 0 rings (SSSR count). The maximum absolute atomic E-state index is 6.94. The van der Waals surface area contributed by atoms with Gasteiger partial charge in [0.05, 0.1) is 0 Å². The number of hydrogen-bond donors (Lipinski definition) is 0. The Morgan fingerprint density at radius 3 is 0.333 bits per heavy atom. The van der Waals surface area contributed by atoms with Crippen LogP contribution in [0.25, 0.3) is 22.9 Å². The SMILES string of the molecule is CC(C)(C)[NH-].CC(C)(C)[NH-].CC(C)(C)[NH-].CC(C)(C)[NH-].[Hf+4]. The van der Waals surface area contributed by atoms with E-state index in [2.05, 4.69) is 0 Å². The van der Waals surface area contributed by atoms with Crippen LogP contribution in [-0.4, -0.2) is 22.2 Å². The number of hydrogen-bond acceptors (Lipinski definition) is 0. The van der Waals surface area contributed by atoms with Crippen molar-refractivity contribution in [3.8, 4) is 0 Å². The summed E-state index contributed by atoms with van der Waals surface area (Å²) in [5.41, 5.74) is 26.8. The quantitative estimate of drug-likeness (QED) is 0.333. The van der Waals surface area contributed by atoms with Crippen molar-refractivity contribution in [2.45, 2.75) is 105 Å². The predicted molar refractivity (Wildman–Crippen MR) is 96.3 cm³/mol. The fourth-order valence-corrected chi connectivity index (χ4v) is 0. The molecule has 0 aliphatic carbocycles. The smallest absolute Gasteiger partial charge is 0.673 e. The van der Waals surface area contributed by atoms with Crippen LogP contribution < -0.4 is 0 Å². The van der Waals surface area contributed by atoms with Crippen LogP contribution in [0.15, 0.2) is 0 Å². The second-order valence-electron chi connectivity index (χ2n) is 9.00. The van der Waals surface area contributed by atoms with Gasteiger partial charge < -0.3 is 22.9 Å². The molecule has 0 aliphatic rings. The molecule has 0 saturated carbocycles. The van der Waals surface area contributed by atoms with Crippen LogP contribution in [0.2, 0.25) is 0 Å². The normalized spacial score (nSPS) is 11.4. The number of rotatable bonds is 0. The molecular weight excluding hydrogens is 427 g/mol. The molecule has 5 heteroatoms. The minimum absolute atomic E-state index is 0. The molecule has 0 aromatic rings. The van der Waals surface area contributed by atoms with Gasteiger partial charge in [-0.05, 0) is 0 Å². The molecule has 0 bridgehead atoms. The Kier molecular flexibility index (Phi) is 20.9. The van der Waals surface area contributed by atoms with E-state index in [0.29, 0.717) is 0 Å². The molecule has 0 saturated heterocycles. The third-order valence-corrected chi connectivity index (χ3v) is 0. The van der Waals surface area contributed by atoms with Crippen LogP contribution in [0, 0.1) is 0 Å². The summed E-state index contributed by atoms with van der Waals surface area (Å²) in [6.07, 6.45) is 0. The van der Waals surface area contributed by atoms with Crippen LogP contribution in [-0.2, 0) is 25.8 Å². The van der Waals surface area contributed by atoms with Crippen molar-refractivity contribution in [2.24, 2.45) is 0 Å². The van der Waals surface area contributed by atoms with Crippen molar-refractivity contribution in [1.82, 2.24) is 0 Å². The van der Waals surface area contributed by atoms with Crippen LogP contribution in [0.5, 0.6) is 0 Å². The van der Waals surface area contributed by atoms with Gasteiger partial charge in [-0.1, -0.05) is 83.1 Å². The average molecular weight is 467 g/mol. The van der Waals surface area contributed by atoms with Crippen molar-refractivity contribution in [3.63, 3.8) is 0 Å². The molecular formula is C16H40HfN4. The maximum Gasteiger partial charge on any atom is 4.00 e. The van der Waals surface area contributed by atoms with E-state index in [1.807, 2.05) is 83.1 Å². The van der Waals surface area contributed by atoms with Gasteiger partial charge in [0, 0.05) is 0 Å². The van der Waals surface area contributed by atoms with E-state index in [4.69, 9.17) is 22.9 Å². The van der Waals surface area contributed by atoms with E-state index >= 15 is 0 Å².